The molecular formula is C27H24ClNO5. The highest BCUT2D eigenvalue weighted by Gasteiger charge is 2.45. The van der Waals surface area contributed by atoms with Crippen LogP contribution in [0.2, 0.25) is 0 Å². The fourth-order valence-electron chi connectivity index (χ4n) is 4.42. The number of pyridine rings is 1. The van der Waals surface area contributed by atoms with Gasteiger partial charge < -0.3 is 4.74 Å². The Morgan fingerprint density at radius 2 is 1.29 bits per heavy atom. The molecular weight excluding hydrogens is 454 g/mol. The van der Waals surface area contributed by atoms with Crippen molar-refractivity contribution in [3.63, 3.8) is 0 Å². The minimum Gasteiger partial charge on any atom is -0.497 e. The van der Waals surface area contributed by atoms with Crippen LogP contribution in [-0.4, -0.2) is 7.11 Å². The molecule has 0 fully saturated rings. The van der Waals surface area contributed by atoms with E-state index >= 15 is 0 Å². The smallest absolute Gasteiger partial charge is 0.219 e. The van der Waals surface area contributed by atoms with Gasteiger partial charge in [0, 0.05) is 29.3 Å². The van der Waals surface area contributed by atoms with Crippen LogP contribution in [0.5, 0.6) is 5.75 Å². The lowest BCUT2D eigenvalue weighted by molar-refractivity contribution is -2.00. The number of benzene rings is 3. The molecule has 1 aromatic heterocycles. The minimum absolute atomic E-state index is 0.0669. The number of hydrogen-bond acceptors (Lipinski definition) is 5. The van der Waals surface area contributed by atoms with Gasteiger partial charge in [-0.2, -0.15) is 4.57 Å². The Hall–Kier alpha value is -3.26. The fourth-order valence-corrected chi connectivity index (χ4v) is 4.42. The van der Waals surface area contributed by atoms with Crippen molar-refractivity contribution in [2.45, 2.75) is 19.3 Å². The summed E-state index contributed by atoms with van der Waals surface area (Å²) in [6, 6.07) is 32.4. The number of halogens is 1. The molecule has 0 unspecified atom stereocenters. The highest BCUT2D eigenvalue weighted by molar-refractivity contribution is 5.71. The van der Waals surface area contributed by atoms with Crippen molar-refractivity contribution in [2.24, 2.45) is 0 Å². The molecule has 0 spiro atoms. The van der Waals surface area contributed by atoms with E-state index < -0.39 is 10.2 Å². The third-order valence-electron chi connectivity index (χ3n) is 6.02. The number of fused-ring (bicyclic) bond motifs is 3. The van der Waals surface area contributed by atoms with E-state index in [2.05, 4.69) is 97.3 Å². The Balaban J connectivity index is 0.000000499. The van der Waals surface area contributed by atoms with E-state index in [0.717, 1.165) is 5.75 Å². The van der Waals surface area contributed by atoms with Gasteiger partial charge in [0.2, 0.25) is 11.4 Å². The summed E-state index contributed by atoms with van der Waals surface area (Å²) in [5, 5.41) is 0. The average Bonchev–Trinajstić information content (AvgIpc) is 3.05. The van der Waals surface area contributed by atoms with Crippen LogP contribution in [0.1, 0.15) is 25.1 Å². The summed E-state index contributed by atoms with van der Waals surface area (Å²) in [6.45, 7) is 4.63. The average molecular weight is 478 g/mol. The van der Waals surface area contributed by atoms with E-state index in [1.165, 1.54) is 39.3 Å². The summed E-state index contributed by atoms with van der Waals surface area (Å²) in [6.07, 6.45) is 0. The first-order valence-corrected chi connectivity index (χ1v) is 11.8. The molecule has 6 nitrogen and oxygen atoms in total. The van der Waals surface area contributed by atoms with Crippen LogP contribution in [0.25, 0.3) is 28.1 Å². The van der Waals surface area contributed by atoms with Crippen LogP contribution in [0.4, 0.5) is 0 Å². The predicted molar refractivity (Wildman–Crippen MR) is 118 cm³/mol. The minimum atomic E-state index is -4.94. The van der Waals surface area contributed by atoms with Crippen molar-refractivity contribution in [2.75, 3.05) is 7.11 Å². The molecule has 0 atom stereocenters. The first kappa shape index (κ1) is 23.9. The first-order chi connectivity index (χ1) is 16.1. The van der Waals surface area contributed by atoms with Crippen LogP contribution in [-0.2, 0) is 5.41 Å². The van der Waals surface area contributed by atoms with E-state index in [1.807, 2.05) is 12.1 Å². The van der Waals surface area contributed by atoms with Gasteiger partial charge in [-0.15, -0.1) is 10.2 Å². The lowest BCUT2D eigenvalue weighted by Gasteiger charge is -2.17. The molecule has 0 radical (unpaired) electrons. The normalized spacial score (nSPS) is 13.4. The lowest BCUT2D eigenvalue weighted by Crippen LogP contribution is -2.68. The van der Waals surface area contributed by atoms with Gasteiger partial charge in [0.1, 0.15) is 5.75 Å². The number of rotatable bonds is 3. The Kier molecular flexibility index (Phi) is 6.45. The third-order valence-corrected chi connectivity index (χ3v) is 6.02. The molecule has 3 aromatic carbocycles. The summed E-state index contributed by atoms with van der Waals surface area (Å²) in [4.78, 5) is 0. The van der Waals surface area contributed by atoms with E-state index in [1.54, 1.807) is 7.11 Å². The van der Waals surface area contributed by atoms with Crippen LogP contribution < -0.4 is 27.9 Å². The van der Waals surface area contributed by atoms with Crippen LogP contribution in [0, 0.1) is 10.2 Å². The second-order valence-corrected chi connectivity index (χ2v) is 9.22. The molecule has 34 heavy (non-hydrogen) atoms. The van der Waals surface area contributed by atoms with Gasteiger partial charge in [-0.3, -0.25) is 0 Å². The zero-order valence-corrected chi connectivity index (χ0v) is 19.8. The number of aromatic nitrogens is 1. The number of ether oxygens (including phenoxy) is 1. The van der Waals surface area contributed by atoms with Gasteiger partial charge in [0.15, 0.2) is 5.69 Å². The lowest BCUT2D eigenvalue weighted by atomic mass is 9.82. The van der Waals surface area contributed by atoms with Gasteiger partial charge in [-0.1, -0.05) is 48.5 Å². The van der Waals surface area contributed by atoms with Gasteiger partial charge in [0.25, 0.3) is 0 Å². The van der Waals surface area contributed by atoms with Crippen molar-refractivity contribution >= 4 is 0 Å². The maximum atomic E-state index is 8.49. The Labute approximate surface area is 200 Å². The second-order valence-electron chi connectivity index (χ2n) is 8.46. The number of hydrogen-bond donors (Lipinski definition) is 0. The van der Waals surface area contributed by atoms with Crippen molar-refractivity contribution in [3.05, 3.63) is 102 Å². The summed E-state index contributed by atoms with van der Waals surface area (Å²) in [7, 11) is -3.24. The molecule has 1 aliphatic heterocycles. The molecule has 0 bridgehead atoms. The SMILES string of the molecule is COc1ccc(-c2cc(-c3ccccc3)cc3[n+]2-c2ccccc2C3(C)C)cc1.[O-][Cl+3]([O-])([O-])[O-]. The fraction of sp³-hybridized carbons (Fsp3) is 0.148. The molecule has 0 saturated heterocycles. The molecule has 0 saturated carbocycles. The maximum absolute atomic E-state index is 8.49. The molecule has 174 valence electrons. The number of nitrogens with zero attached hydrogens (tertiary/aromatic N) is 1. The molecule has 5 rings (SSSR count). The van der Waals surface area contributed by atoms with Gasteiger partial charge in [0.05, 0.1) is 12.5 Å². The summed E-state index contributed by atoms with van der Waals surface area (Å²) in [5.74, 6) is 0.871. The molecule has 1 aliphatic rings. The van der Waals surface area contributed by atoms with Crippen LogP contribution in [0.3, 0.4) is 0 Å². The maximum Gasteiger partial charge on any atom is 0.219 e. The van der Waals surface area contributed by atoms with Gasteiger partial charge in [-0.05, 0) is 49.2 Å². The van der Waals surface area contributed by atoms with E-state index in [9.17, 15) is 0 Å². The summed E-state index contributed by atoms with van der Waals surface area (Å²) >= 11 is 0. The summed E-state index contributed by atoms with van der Waals surface area (Å²) in [5.41, 5.74) is 8.71. The monoisotopic (exact) mass is 477 g/mol. The number of methoxy groups -OCH3 is 1. The Morgan fingerprint density at radius 1 is 0.706 bits per heavy atom. The predicted octanol–water partition coefficient (Wildman–Crippen LogP) is 1.19. The topological polar surface area (TPSA) is 105 Å². The molecule has 2 heterocycles. The third kappa shape index (κ3) is 4.82. The highest BCUT2D eigenvalue weighted by Crippen LogP contribution is 2.41. The summed E-state index contributed by atoms with van der Waals surface area (Å²) < 4.78 is 41.8. The standard InChI is InChI=1S/C27H24NO.ClHO4/c1-27(2)23-11-7-8-12-24(23)28-25(20-13-15-22(29-3)16-14-20)17-21(18-26(27)28)19-9-5-4-6-10-19;2-1(3,4)5/h4-18H,1-3H3;(H,2,3,4,5)/q+1;/p-1. The largest absolute Gasteiger partial charge is 0.497 e. The van der Waals surface area contributed by atoms with Crippen molar-refractivity contribution < 1.29 is 38.2 Å². The van der Waals surface area contributed by atoms with Crippen molar-refractivity contribution in [1.82, 2.24) is 0 Å². The van der Waals surface area contributed by atoms with E-state index in [-0.39, 0.29) is 5.41 Å². The molecule has 0 N–H and O–H groups in total. The number of para-hydroxylation sites is 1. The first-order valence-electron chi connectivity index (χ1n) is 10.6. The second kappa shape index (κ2) is 9.18. The Morgan fingerprint density at radius 3 is 1.91 bits per heavy atom. The molecule has 4 aromatic rings. The van der Waals surface area contributed by atoms with E-state index in [4.69, 9.17) is 23.4 Å². The molecule has 0 aliphatic carbocycles. The van der Waals surface area contributed by atoms with Crippen LogP contribution >= 0.6 is 0 Å². The van der Waals surface area contributed by atoms with Crippen molar-refractivity contribution in [3.8, 4) is 33.8 Å². The Bertz CT molecular complexity index is 1290. The van der Waals surface area contributed by atoms with Crippen molar-refractivity contribution in [1.29, 1.82) is 0 Å². The molecule has 0 amide bonds. The highest BCUT2D eigenvalue weighted by atomic mass is 35.7. The van der Waals surface area contributed by atoms with Gasteiger partial charge >= 0.3 is 0 Å². The van der Waals surface area contributed by atoms with Crippen LogP contribution in [0.15, 0.2) is 91.0 Å². The van der Waals surface area contributed by atoms with Gasteiger partial charge in [-0.25, -0.2) is 18.6 Å². The van der Waals surface area contributed by atoms with E-state index in [0.29, 0.717) is 0 Å². The zero-order valence-electron chi connectivity index (χ0n) is 19.0. The molecule has 7 heteroatoms. The quantitative estimate of drug-likeness (QED) is 0.412. The zero-order chi connectivity index (χ0) is 24.5.